The van der Waals surface area contributed by atoms with Crippen molar-refractivity contribution < 1.29 is 14.6 Å². The van der Waals surface area contributed by atoms with Crippen molar-refractivity contribution in [3.8, 4) is 0 Å². The van der Waals surface area contributed by atoms with Gasteiger partial charge < -0.3 is 9.84 Å². The Labute approximate surface area is 227 Å². The summed E-state index contributed by atoms with van der Waals surface area (Å²) in [6.07, 6.45) is 14.1. The van der Waals surface area contributed by atoms with Crippen LogP contribution in [0.25, 0.3) is 0 Å². The van der Waals surface area contributed by atoms with Crippen molar-refractivity contribution in [2.75, 3.05) is 13.2 Å². The second kappa shape index (κ2) is 9.10. The van der Waals surface area contributed by atoms with Crippen molar-refractivity contribution in [2.24, 2.45) is 62.6 Å². The van der Waals surface area contributed by atoms with E-state index in [0.29, 0.717) is 40.6 Å². The Balaban J connectivity index is 1.53. The van der Waals surface area contributed by atoms with Crippen LogP contribution in [0, 0.1) is 62.6 Å². The molecule has 0 amide bonds. The van der Waals surface area contributed by atoms with Gasteiger partial charge in [0.05, 0.1) is 13.2 Å². The summed E-state index contributed by atoms with van der Waals surface area (Å²) in [6, 6.07) is 0. The van der Waals surface area contributed by atoms with Crippen LogP contribution in [0.15, 0.2) is 12.2 Å². The van der Waals surface area contributed by atoms with Gasteiger partial charge in [0.1, 0.15) is 0 Å². The molecule has 0 spiro atoms. The number of ether oxygens (including phenoxy) is 1. The Morgan fingerprint density at radius 3 is 2.30 bits per heavy atom. The van der Waals surface area contributed by atoms with E-state index >= 15 is 0 Å². The molecular weight excluding hydrogens is 456 g/mol. The molecule has 0 aromatic rings. The molecule has 0 aromatic heterocycles. The quantitative estimate of drug-likeness (QED) is 0.298. The lowest BCUT2D eigenvalue weighted by Crippen LogP contribution is -2.66. The predicted octanol–water partition coefficient (Wildman–Crippen LogP) is 8.21. The van der Waals surface area contributed by atoms with Crippen LogP contribution in [0.1, 0.15) is 119 Å². The summed E-state index contributed by atoms with van der Waals surface area (Å²) in [7, 11) is 0. The maximum Gasteiger partial charge on any atom is 0.302 e. The fourth-order valence-corrected chi connectivity index (χ4v) is 12.4. The third kappa shape index (κ3) is 3.64. The van der Waals surface area contributed by atoms with Crippen LogP contribution in [0.4, 0.5) is 0 Å². The molecule has 5 aliphatic rings. The van der Waals surface area contributed by atoms with Gasteiger partial charge in [-0.3, -0.25) is 4.79 Å². The average molecular weight is 513 g/mol. The average Bonchev–Trinajstić information content (AvgIpc) is 3.25. The molecule has 5 aliphatic carbocycles. The van der Waals surface area contributed by atoms with Crippen LogP contribution >= 0.6 is 0 Å². The van der Waals surface area contributed by atoms with E-state index in [1.54, 1.807) is 6.92 Å². The minimum absolute atomic E-state index is 0.0595. The van der Waals surface area contributed by atoms with Crippen molar-refractivity contribution in [3.05, 3.63) is 12.2 Å². The largest absolute Gasteiger partial charge is 0.465 e. The van der Waals surface area contributed by atoms with Gasteiger partial charge in [-0.25, -0.2) is 0 Å². The Kier molecular flexibility index (Phi) is 6.82. The maximum absolute atomic E-state index is 11.9. The number of aliphatic hydroxyl groups excluding tert-OH is 1. The molecule has 3 heteroatoms. The molecule has 3 nitrogen and oxygen atoms in total. The maximum atomic E-state index is 11.9. The SMILES string of the molecule is C=C(CO)[C@@H]1CC[C@]2(COC(C)=O)CC[C@]3(C)C(CCC4[C@@]5(C)CC[C@H](C)[C@@](C)(CC)C5CC[C@]43C)C12. The fraction of sp³-hybridized carbons (Fsp3) is 0.912. The van der Waals surface area contributed by atoms with E-state index in [2.05, 4.69) is 48.1 Å². The smallest absolute Gasteiger partial charge is 0.302 e. The van der Waals surface area contributed by atoms with Gasteiger partial charge in [-0.05, 0) is 127 Å². The second-order valence-electron chi connectivity index (χ2n) is 15.6. The molecule has 0 saturated heterocycles. The molecule has 5 rings (SSSR count). The fourth-order valence-electron chi connectivity index (χ4n) is 12.4. The topological polar surface area (TPSA) is 46.5 Å². The third-order valence-electron chi connectivity index (χ3n) is 15.0. The van der Waals surface area contributed by atoms with Crippen LogP contribution in [-0.4, -0.2) is 24.3 Å². The second-order valence-corrected chi connectivity index (χ2v) is 15.6. The van der Waals surface area contributed by atoms with E-state index < -0.39 is 0 Å². The van der Waals surface area contributed by atoms with Crippen LogP contribution in [-0.2, 0) is 9.53 Å². The van der Waals surface area contributed by atoms with Crippen LogP contribution in [0.3, 0.4) is 0 Å². The highest BCUT2D eigenvalue weighted by atomic mass is 16.5. The van der Waals surface area contributed by atoms with Crippen molar-refractivity contribution in [1.29, 1.82) is 0 Å². The predicted molar refractivity (Wildman–Crippen MR) is 151 cm³/mol. The van der Waals surface area contributed by atoms with Crippen molar-refractivity contribution in [1.82, 2.24) is 0 Å². The van der Waals surface area contributed by atoms with Gasteiger partial charge in [0.25, 0.3) is 0 Å². The van der Waals surface area contributed by atoms with Gasteiger partial charge in [-0.1, -0.05) is 54.5 Å². The summed E-state index contributed by atoms with van der Waals surface area (Å²) in [5.74, 6) is 3.75. The number of carbonyl (C=O) groups is 1. The summed E-state index contributed by atoms with van der Waals surface area (Å²) < 4.78 is 5.79. The molecule has 5 fully saturated rings. The van der Waals surface area contributed by atoms with Gasteiger partial charge in [0.15, 0.2) is 0 Å². The van der Waals surface area contributed by atoms with Gasteiger partial charge in [-0.2, -0.15) is 0 Å². The summed E-state index contributed by atoms with van der Waals surface area (Å²) in [5.41, 5.74) is 2.61. The van der Waals surface area contributed by atoms with E-state index in [9.17, 15) is 9.90 Å². The molecule has 37 heavy (non-hydrogen) atoms. The van der Waals surface area contributed by atoms with E-state index in [-0.39, 0.29) is 23.4 Å². The highest BCUT2D eigenvalue weighted by molar-refractivity contribution is 5.65. The molecule has 0 aromatic carbocycles. The van der Waals surface area contributed by atoms with E-state index in [0.717, 1.165) is 42.6 Å². The summed E-state index contributed by atoms with van der Waals surface area (Å²) in [4.78, 5) is 11.9. The molecule has 5 saturated carbocycles. The number of aliphatic hydroxyl groups is 1. The Hall–Kier alpha value is -0.830. The van der Waals surface area contributed by atoms with Gasteiger partial charge >= 0.3 is 5.97 Å². The number of fused-ring (bicyclic) bond motifs is 7. The molecule has 4 unspecified atom stereocenters. The zero-order valence-corrected chi connectivity index (χ0v) is 25.1. The monoisotopic (exact) mass is 512 g/mol. The Bertz CT molecular complexity index is 926. The first kappa shape index (κ1) is 27.7. The molecule has 0 radical (unpaired) electrons. The first-order chi connectivity index (χ1) is 17.3. The Morgan fingerprint density at radius 1 is 0.919 bits per heavy atom. The lowest BCUT2D eigenvalue weighted by Gasteiger charge is -2.73. The summed E-state index contributed by atoms with van der Waals surface area (Å²) >= 11 is 0. The van der Waals surface area contributed by atoms with Crippen molar-refractivity contribution in [3.63, 3.8) is 0 Å². The van der Waals surface area contributed by atoms with Crippen LogP contribution < -0.4 is 0 Å². The highest BCUT2D eigenvalue weighted by Gasteiger charge is 2.71. The van der Waals surface area contributed by atoms with Gasteiger partial charge in [0, 0.05) is 12.3 Å². The normalized spacial score (nSPS) is 52.9. The molecule has 0 heterocycles. The highest BCUT2D eigenvalue weighted by Crippen LogP contribution is 2.78. The minimum atomic E-state index is -0.154. The molecule has 1 N–H and O–H groups in total. The molecule has 210 valence electrons. The van der Waals surface area contributed by atoms with E-state index in [1.807, 2.05) is 0 Å². The first-order valence-corrected chi connectivity index (χ1v) is 15.7. The lowest BCUT2D eigenvalue weighted by molar-refractivity contribution is -0.246. The van der Waals surface area contributed by atoms with Gasteiger partial charge in [-0.15, -0.1) is 0 Å². The third-order valence-corrected chi connectivity index (χ3v) is 15.0. The Morgan fingerprint density at radius 2 is 1.65 bits per heavy atom. The summed E-state index contributed by atoms with van der Waals surface area (Å²) in [6.45, 7) is 22.3. The number of rotatable bonds is 5. The van der Waals surface area contributed by atoms with Crippen molar-refractivity contribution >= 4 is 5.97 Å². The first-order valence-electron chi connectivity index (χ1n) is 15.7. The molecule has 0 bridgehead atoms. The van der Waals surface area contributed by atoms with Gasteiger partial charge in [0.2, 0.25) is 0 Å². The number of carbonyl (C=O) groups excluding carboxylic acids is 1. The van der Waals surface area contributed by atoms with Crippen molar-refractivity contribution in [2.45, 2.75) is 119 Å². The van der Waals surface area contributed by atoms with E-state index in [4.69, 9.17) is 4.74 Å². The summed E-state index contributed by atoms with van der Waals surface area (Å²) in [5, 5.41) is 10.2. The van der Waals surface area contributed by atoms with Crippen LogP contribution in [0.2, 0.25) is 0 Å². The lowest BCUT2D eigenvalue weighted by atomic mass is 9.31. The van der Waals surface area contributed by atoms with E-state index in [1.165, 1.54) is 51.4 Å². The number of hydrogen-bond donors (Lipinski definition) is 1. The molecule has 11 atom stereocenters. The molecule has 0 aliphatic heterocycles. The zero-order valence-electron chi connectivity index (χ0n) is 25.1. The standard InChI is InChI=1S/C34H56O3/c1-9-30(5)23(3)12-15-31(6)27(30)14-16-33(8)28(31)11-10-26-29-25(22(2)20-35)13-17-34(29,21-37-24(4)36)19-18-32(26,33)7/h23,25-29,35H,2,9-21H2,1,3-8H3/t23-,25-,26?,27?,28?,29?,30+,31-,32+,33+,34+/m0/s1. The van der Waals surface area contributed by atoms with Crippen LogP contribution in [0.5, 0.6) is 0 Å². The minimum Gasteiger partial charge on any atom is -0.465 e. The molecular formula is C34H56O3. The zero-order chi connectivity index (χ0) is 27.0. The number of hydrogen-bond acceptors (Lipinski definition) is 3. The number of esters is 1.